The van der Waals surface area contributed by atoms with Gasteiger partial charge in [-0.05, 0) is 38.1 Å². The van der Waals surface area contributed by atoms with E-state index in [9.17, 15) is 14.4 Å². The zero-order chi connectivity index (χ0) is 18.0. The monoisotopic (exact) mass is 338 g/mol. The number of hydrogen-bond donors (Lipinski definition) is 2. The van der Waals surface area contributed by atoms with E-state index in [1.54, 1.807) is 42.5 Å². The van der Waals surface area contributed by atoms with Crippen molar-refractivity contribution in [2.24, 2.45) is 0 Å². The van der Waals surface area contributed by atoms with Crippen LogP contribution in [0.15, 0.2) is 42.5 Å². The molecule has 0 saturated heterocycles. The van der Waals surface area contributed by atoms with Gasteiger partial charge in [0.25, 0.3) is 11.8 Å². The second kappa shape index (κ2) is 6.76. The molecule has 2 aromatic carbocycles. The van der Waals surface area contributed by atoms with Crippen LogP contribution in [-0.2, 0) is 4.79 Å². The third kappa shape index (κ3) is 3.52. The number of rotatable bonds is 4. The lowest BCUT2D eigenvalue weighted by Crippen LogP contribution is -2.31. The number of nitrogens with one attached hydrogen (secondary N) is 2. The molecule has 0 bridgehead atoms. The zero-order valence-corrected chi connectivity index (χ0v) is 14.0. The number of anilines is 1. The second-order valence-corrected chi connectivity index (χ2v) is 6.05. The van der Waals surface area contributed by atoms with Crippen LogP contribution in [0.4, 0.5) is 5.69 Å². The number of carbonyl (C=O) groups excluding carboxylic acids is 3. The number of amides is 2. The van der Waals surface area contributed by atoms with E-state index in [0.717, 1.165) is 0 Å². The molecule has 1 heterocycles. The summed E-state index contributed by atoms with van der Waals surface area (Å²) in [5, 5.41) is 5.47. The number of hydrogen-bond acceptors (Lipinski definition) is 4. The maximum atomic E-state index is 12.9. The maximum absolute atomic E-state index is 12.9. The molecule has 3 rings (SSSR count). The molecule has 25 heavy (non-hydrogen) atoms. The molecule has 128 valence electrons. The molecule has 2 aromatic rings. The van der Waals surface area contributed by atoms with Gasteiger partial charge >= 0.3 is 0 Å². The summed E-state index contributed by atoms with van der Waals surface area (Å²) in [4.78, 5) is 36.7. The average Bonchev–Trinajstić information content (AvgIpc) is 2.59. The Hall–Kier alpha value is -3.15. The van der Waals surface area contributed by atoms with Crippen molar-refractivity contribution in [2.75, 3.05) is 11.9 Å². The summed E-state index contributed by atoms with van der Waals surface area (Å²) in [7, 11) is 0. The van der Waals surface area contributed by atoms with Gasteiger partial charge in [0, 0.05) is 17.2 Å². The summed E-state index contributed by atoms with van der Waals surface area (Å²) < 4.78 is 5.29. The van der Waals surface area contributed by atoms with Crippen molar-refractivity contribution in [3.05, 3.63) is 59.2 Å². The van der Waals surface area contributed by atoms with E-state index in [1.807, 2.05) is 13.8 Å². The van der Waals surface area contributed by atoms with Crippen LogP contribution in [-0.4, -0.2) is 30.2 Å². The third-order valence-corrected chi connectivity index (χ3v) is 3.71. The zero-order valence-electron chi connectivity index (χ0n) is 14.0. The Bertz CT molecular complexity index is 858. The van der Waals surface area contributed by atoms with E-state index < -0.39 is 0 Å². The number of carbonyl (C=O) groups is 3. The maximum Gasteiger partial charge on any atom is 0.262 e. The van der Waals surface area contributed by atoms with Gasteiger partial charge in [-0.3, -0.25) is 14.4 Å². The molecule has 6 heteroatoms. The first-order chi connectivity index (χ1) is 12.0. The lowest BCUT2D eigenvalue weighted by molar-refractivity contribution is -0.118. The summed E-state index contributed by atoms with van der Waals surface area (Å²) >= 11 is 0. The van der Waals surface area contributed by atoms with Crippen molar-refractivity contribution >= 4 is 23.3 Å². The minimum Gasteiger partial charge on any atom is -0.482 e. The minimum absolute atomic E-state index is 0.0354. The minimum atomic E-state index is -0.298. The van der Waals surface area contributed by atoms with E-state index in [-0.39, 0.29) is 30.2 Å². The number of fused-ring (bicyclic) bond motifs is 1. The van der Waals surface area contributed by atoms with Gasteiger partial charge in [-0.1, -0.05) is 18.2 Å². The van der Waals surface area contributed by atoms with Gasteiger partial charge in [0.2, 0.25) is 0 Å². The highest BCUT2D eigenvalue weighted by Crippen LogP contribution is 2.29. The quantitative estimate of drug-likeness (QED) is 0.838. The molecular weight excluding hydrogens is 320 g/mol. The predicted octanol–water partition coefficient (Wildman–Crippen LogP) is 2.39. The van der Waals surface area contributed by atoms with Crippen LogP contribution in [0.3, 0.4) is 0 Å². The molecule has 0 fully saturated rings. The molecule has 0 spiro atoms. The van der Waals surface area contributed by atoms with Crippen LogP contribution in [0.1, 0.15) is 40.1 Å². The normalized spacial score (nSPS) is 12.8. The van der Waals surface area contributed by atoms with Crippen molar-refractivity contribution in [3.63, 3.8) is 0 Å². The predicted molar refractivity (Wildman–Crippen MR) is 93.0 cm³/mol. The van der Waals surface area contributed by atoms with Gasteiger partial charge in [0.15, 0.2) is 12.4 Å². The van der Waals surface area contributed by atoms with Crippen LogP contribution in [0.25, 0.3) is 0 Å². The number of ketones is 1. The van der Waals surface area contributed by atoms with Gasteiger partial charge < -0.3 is 15.4 Å². The first-order valence-corrected chi connectivity index (χ1v) is 7.97. The third-order valence-electron chi connectivity index (χ3n) is 3.71. The smallest absolute Gasteiger partial charge is 0.262 e. The Labute approximate surface area is 145 Å². The Morgan fingerprint density at radius 3 is 2.56 bits per heavy atom. The fourth-order valence-corrected chi connectivity index (χ4v) is 2.60. The molecule has 0 saturated carbocycles. The molecule has 0 atom stereocenters. The van der Waals surface area contributed by atoms with Crippen LogP contribution < -0.4 is 15.4 Å². The lowest BCUT2D eigenvalue weighted by Gasteiger charge is -2.18. The summed E-state index contributed by atoms with van der Waals surface area (Å²) in [6.45, 7) is 3.67. The molecule has 0 aromatic heterocycles. The Morgan fingerprint density at radius 2 is 1.84 bits per heavy atom. The van der Waals surface area contributed by atoms with E-state index in [0.29, 0.717) is 28.1 Å². The Morgan fingerprint density at radius 1 is 1.12 bits per heavy atom. The first kappa shape index (κ1) is 16.7. The summed E-state index contributed by atoms with van der Waals surface area (Å²) in [6.07, 6.45) is 0. The highest BCUT2D eigenvalue weighted by Gasteiger charge is 2.21. The Kier molecular flexibility index (Phi) is 4.52. The van der Waals surface area contributed by atoms with E-state index in [2.05, 4.69) is 10.6 Å². The molecule has 0 radical (unpaired) electrons. The molecule has 2 N–H and O–H groups in total. The molecule has 6 nitrogen and oxygen atoms in total. The lowest BCUT2D eigenvalue weighted by atomic mass is 9.97. The fraction of sp³-hybridized carbons (Fsp3) is 0.211. The van der Waals surface area contributed by atoms with E-state index in [1.165, 1.54) is 0 Å². The highest BCUT2D eigenvalue weighted by atomic mass is 16.5. The molecule has 1 aliphatic heterocycles. The Balaban J connectivity index is 1.95. The van der Waals surface area contributed by atoms with Crippen LogP contribution in [0.5, 0.6) is 5.75 Å². The van der Waals surface area contributed by atoms with Crippen molar-refractivity contribution in [1.29, 1.82) is 0 Å². The van der Waals surface area contributed by atoms with Crippen molar-refractivity contribution < 1.29 is 19.1 Å². The number of ether oxygens (including phenoxy) is 1. The SMILES string of the molecule is CC(C)NC(=O)c1ccccc1C(=O)c1ccc2c(c1)NC(=O)CO2. The van der Waals surface area contributed by atoms with Gasteiger partial charge in [0.1, 0.15) is 5.75 Å². The van der Waals surface area contributed by atoms with Gasteiger partial charge in [0.05, 0.1) is 11.3 Å². The van der Waals surface area contributed by atoms with E-state index >= 15 is 0 Å². The fourth-order valence-electron chi connectivity index (χ4n) is 2.60. The van der Waals surface area contributed by atoms with Crippen molar-refractivity contribution in [3.8, 4) is 5.75 Å². The summed E-state index contributed by atoms with van der Waals surface area (Å²) in [5.41, 5.74) is 1.45. The second-order valence-electron chi connectivity index (χ2n) is 6.05. The topological polar surface area (TPSA) is 84.5 Å². The standard InChI is InChI=1S/C19H18N2O4/c1-11(2)20-19(24)14-6-4-3-5-13(14)18(23)12-7-8-16-15(9-12)21-17(22)10-25-16/h3-9,11H,10H2,1-2H3,(H,20,24)(H,21,22). The van der Waals surface area contributed by atoms with Crippen LogP contribution in [0, 0.1) is 0 Å². The molecular formula is C19H18N2O4. The first-order valence-electron chi connectivity index (χ1n) is 7.97. The van der Waals surface area contributed by atoms with Crippen LogP contribution >= 0.6 is 0 Å². The largest absolute Gasteiger partial charge is 0.482 e. The van der Waals surface area contributed by atoms with Crippen molar-refractivity contribution in [1.82, 2.24) is 5.32 Å². The summed E-state index contributed by atoms with van der Waals surface area (Å²) in [6, 6.07) is 11.4. The molecule has 2 amide bonds. The highest BCUT2D eigenvalue weighted by molar-refractivity contribution is 6.16. The van der Waals surface area contributed by atoms with Crippen LogP contribution in [0.2, 0.25) is 0 Å². The molecule has 0 aliphatic carbocycles. The summed E-state index contributed by atoms with van der Waals surface area (Å²) in [5.74, 6) is -0.346. The van der Waals surface area contributed by atoms with Crippen molar-refractivity contribution in [2.45, 2.75) is 19.9 Å². The molecule has 1 aliphatic rings. The molecule has 0 unspecified atom stereocenters. The van der Waals surface area contributed by atoms with E-state index in [4.69, 9.17) is 4.74 Å². The van der Waals surface area contributed by atoms with Gasteiger partial charge in [-0.15, -0.1) is 0 Å². The number of benzene rings is 2. The van der Waals surface area contributed by atoms with Gasteiger partial charge in [-0.2, -0.15) is 0 Å². The average molecular weight is 338 g/mol. The van der Waals surface area contributed by atoms with Gasteiger partial charge in [-0.25, -0.2) is 0 Å².